The number of fused-ring (bicyclic) bond motifs is 1. The average molecular weight is 393 g/mol. The maximum absolute atomic E-state index is 12.4. The molecule has 3 aromatic heterocycles. The Hall–Kier alpha value is -1.91. The third kappa shape index (κ3) is 3.24. The molecule has 1 aliphatic heterocycles. The van der Waals surface area contributed by atoms with Gasteiger partial charge in [0, 0.05) is 11.5 Å². The Bertz CT molecular complexity index is 1060. The molecule has 0 radical (unpaired) electrons. The first-order valence-electron chi connectivity index (χ1n) is 8.41. The lowest BCUT2D eigenvalue weighted by atomic mass is 10.2. The number of H-pyrrole nitrogens is 2. The van der Waals surface area contributed by atoms with Crippen LogP contribution in [-0.2, 0) is 17.0 Å². The summed E-state index contributed by atoms with van der Waals surface area (Å²) in [7, 11) is 0. The number of hydrogen-bond acceptors (Lipinski definition) is 7. The highest BCUT2D eigenvalue weighted by atomic mass is 32.2. The monoisotopic (exact) mass is 393 g/mol. The van der Waals surface area contributed by atoms with Crippen LogP contribution in [0.4, 0.5) is 0 Å². The summed E-state index contributed by atoms with van der Waals surface area (Å²) < 4.78 is 7.20. The molecule has 1 fully saturated rings. The first kappa shape index (κ1) is 17.5. The fourth-order valence-electron chi connectivity index (χ4n) is 3.07. The van der Waals surface area contributed by atoms with Crippen molar-refractivity contribution < 1.29 is 4.74 Å². The van der Waals surface area contributed by atoms with Gasteiger partial charge in [0.05, 0.1) is 23.8 Å². The van der Waals surface area contributed by atoms with E-state index in [9.17, 15) is 9.59 Å². The minimum Gasteiger partial charge on any atom is -0.376 e. The molecule has 2 N–H and O–H groups in total. The number of aromatic nitrogens is 5. The van der Waals surface area contributed by atoms with Crippen molar-refractivity contribution in [3.63, 3.8) is 0 Å². The first-order valence-corrected chi connectivity index (χ1v) is 10.2. The second-order valence-electron chi connectivity index (χ2n) is 6.32. The Morgan fingerprint density at radius 1 is 1.38 bits per heavy atom. The summed E-state index contributed by atoms with van der Waals surface area (Å²) in [6, 6.07) is 0. The summed E-state index contributed by atoms with van der Waals surface area (Å²) >= 11 is 2.89. The van der Waals surface area contributed by atoms with Gasteiger partial charge < -0.3 is 9.72 Å². The lowest BCUT2D eigenvalue weighted by Crippen LogP contribution is -2.25. The molecule has 1 unspecified atom stereocenters. The molecule has 0 aromatic carbocycles. The summed E-state index contributed by atoms with van der Waals surface area (Å²) in [6.07, 6.45) is 2.02. The molecule has 138 valence electrons. The maximum Gasteiger partial charge on any atom is 0.344 e. The van der Waals surface area contributed by atoms with Gasteiger partial charge in [-0.15, -0.1) is 16.4 Å². The Balaban J connectivity index is 1.55. The van der Waals surface area contributed by atoms with Gasteiger partial charge in [-0.05, 0) is 32.3 Å². The number of rotatable bonds is 5. The molecular weight excluding hydrogens is 374 g/mol. The molecule has 1 saturated heterocycles. The zero-order valence-corrected chi connectivity index (χ0v) is 16.1. The van der Waals surface area contributed by atoms with Crippen molar-refractivity contribution in [1.82, 2.24) is 24.7 Å². The van der Waals surface area contributed by atoms with Crippen LogP contribution in [0.5, 0.6) is 0 Å². The van der Waals surface area contributed by atoms with Crippen molar-refractivity contribution in [2.24, 2.45) is 0 Å². The molecule has 1 atom stereocenters. The van der Waals surface area contributed by atoms with Gasteiger partial charge in [0.15, 0.2) is 5.16 Å². The van der Waals surface area contributed by atoms with Gasteiger partial charge in [0.25, 0.3) is 5.56 Å². The number of thioether (sulfide) groups is 1. The van der Waals surface area contributed by atoms with Gasteiger partial charge in [0.1, 0.15) is 10.7 Å². The first-order chi connectivity index (χ1) is 12.5. The maximum atomic E-state index is 12.4. The van der Waals surface area contributed by atoms with E-state index in [-0.39, 0.29) is 17.4 Å². The Morgan fingerprint density at radius 3 is 3.00 bits per heavy atom. The van der Waals surface area contributed by atoms with E-state index in [1.165, 1.54) is 23.1 Å². The van der Waals surface area contributed by atoms with Crippen LogP contribution in [0.3, 0.4) is 0 Å². The van der Waals surface area contributed by atoms with E-state index in [2.05, 4.69) is 20.2 Å². The molecule has 3 aromatic rings. The number of aryl methyl sites for hydroxylation is 2. The summed E-state index contributed by atoms with van der Waals surface area (Å²) in [6.45, 7) is 5.16. The van der Waals surface area contributed by atoms with Gasteiger partial charge in [-0.3, -0.25) is 9.36 Å². The van der Waals surface area contributed by atoms with Crippen LogP contribution < -0.4 is 11.2 Å². The van der Waals surface area contributed by atoms with Crippen LogP contribution in [0.2, 0.25) is 0 Å². The molecule has 1 aliphatic rings. The van der Waals surface area contributed by atoms with Crippen molar-refractivity contribution in [3.05, 3.63) is 37.1 Å². The predicted molar refractivity (Wildman–Crippen MR) is 101 cm³/mol. The fourth-order valence-corrected chi connectivity index (χ4v) is 4.94. The van der Waals surface area contributed by atoms with Crippen LogP contribution in [-0.4, -0.2) is 37.4 Å². The average Bonchev–Trinajstić information content (AvgIpc) is 3.30. The Kier molecular flexibility index (Phi) is 4.72. The van der Waals surface area contributed by atoms with Crippen LogP contribution in [0.25, 0.3) is 10.2 Å². The van der Waals surface area contributed by atoms with E-state index in [1.54, 1.807) is 4.57 Å². The molecule has 4 heterocycles. The van der Waals surface area contributed by atoms with E-state index in [0.29, 0.717) is 28.7 Å². The topological polar surface area (TPSA) is 106 Å². The number of hydrogen-bond donors (Lipinski definition) is 2. The lowest BCUT2D eigenvalue weighted by molar-refractivity contribution is 0.0941. The number of ether oxygens (including phenoxy) is 1. The van der Waals surface area contributed by atoms with E-state index < -0.39 is 0 Å². The van der Waals surface area contributed by atoms with Crippen LogP contribution in [0.1, 0.15) is 29.1 Å². The number of aromatic amines is 2. The van der Waals surface area contributed by atoms with Crippen molar-refractivity contribution >= 4 is 33.3 Å². The fraction of sp³-hybridized carbons (Fsp3) is 0.500. The highest BCUT2D eigenvalue weighted by Crippen LogP contribution is 2.27. The molecule has 0 spiro atoms. The van der Waals surface area contributed by atoms with Gasteiger partial charge in [-0.1, -0.05) is 11.8 Å². The largest absolute Gasteiger partial charge is 0.376 e. The highest BCUT2D eigenvalue weighted by Gasteiger charge is 2.20. The van der Waals surface area contributed by atoms with Gasteiger partial charge in [-0.2, -0.15) is 0 Å². The van der Waals surface area contributed by atoms with Crippen LogP contribution >= 0.6 is 23.1 Å². The smallest absolute Gasteiger partial charge is 0.344 e. The molecule has 0 bridgehead atoms. The predicted octanol–water partition coefficient (Wildman–Crippen LogP) is 1.96. The minimum atomic E-state index is -0.246. The Labute approximate surface area is 157 Å². The minimum absolute atomic E-state index is 0.0519. The van der Waals surface area contributed by atoms with Crippen molar-refractivity contribution in [3.8, 4) is 0 Å². The van der Waals surface area contributed by atoms with Crippen molar-refractivity contribution in [2.75, 3.05) is 6.61 Å². The SMILES string of the molecule is Cc1sc2nc(CSc3n[nH]c(=O)n3CC3CCCO3)[nH]c(=O)c2c1C. The molecule has 0 amide bonds. The summed E-state index contributed by atoms with van der Waals surface area (Å²) in [4.78, 5) is 33.6. The molecule has 4 rings (SSSR count). The quantitative estimate of drug-likeness (QED) is 0.642. The zero-order valence-electron chi connectivity index (χ0n) is 14.5. The molecule has 26 heavy (non-hydrogen) atoms. The third-order valence-corrected chi connectivity index (χ3v) is 6.65. The summed E-state index contributed by atoms with van der Waals surface area (Å²) in [5.41, 5.74) is 0.617. The highest BCUT2D eigenvalue weighted by molar-refractivity contribution is 7.98. The van der Waals surface area contributed by atoms with Crippen LogP contribution in [0, 0.1) is 13.8 Å². The lowest BCUT2D eigenvalue weighted by Gasteiger charge is -2.10. The van der Waals surface area contributed by atoms with Crippen molar-refractivity contribution in [2.45, 2.75) is 50.2 Å². The molecule has 10 heteroatoms. The standard InChI is InChI=1S/C16H19N5O3S2/c1-8-9(2)26-14-12(8)13(22)17-11(18-14)7-25-16-20-19-15(23)21(16)6-10-4-3-5-24-10/h10H,3-7H2,1-2H3,(H,19,23)(H,17,18,22). The zero-order chi connectivity index (χ0) is 18.3. The van der Waals surface area contributed by atoms with Crippen molar-refractivity contribution in [1.29, 1.82) is 0 Å². The number of thiophene rings is 1. The molecule has 0 aliphatic carbocycles. The molecule has 0 saturated carbocycles. The normalized spacial score (nSPS) is 17.4. The second-order valence-corrected chi connectivity index (χ2v) is 8.47. The Morgan fingerprint density at radius 2 is 2.23 bits per heavy atom. The van der Waals surface area contributed by atoms with Gasteiger partial charge in [-0.25, -0.2) is 14.9 Å². The van der Waals surface area contributed by atoms with E-state index in [0.717, 1.165) is 34.7 Å². The van der Waals surface area contributed by atoms with E-state index >= 15 is 0 Å². The third-order valence-electron chi connectivity index (χ3n) is 4.56. The summed E-state index contributed by atoms with van der Waals surface area (Å²) in [5.74, 6) is 1.00. The van der Waals surface area contributed by atoms with E-state index in [4.69, 9.17) is 4.74 Å². The van der Waals surface area contributed by atoms with Crippen LogP contribution in [0.15, 0.2) is 14.7 Å². The number of nitrogens with zero attached hydrogens (tertiary/aromatic N) is 3. The molecule has 8 nitrogen and oxygen atoms in total. The van der Waals surface area contributed by atoms with Gasteiger partial charge >= 0.3 is 5.69 Å². The van der Waals surface area contributed by atoms with E-state index in [1.807, 2.05) is 13.8 Å². The van der Waals surface area contributed by atoms with Gasteiger partial charge in [0.2, 0.25) is 0 Å². The molecular formula is C16H19N5O3S2. The number of nitrogens with one attached hydrogen (secondary N) is 2. The second kappa shape index (κ2) is 7.01. The summed E-state index contributed by atoms with van der Waals surface area (Å²) in [5, 5.41) is 7.82.